The minimum absolute atomic E-state index is 0.128. The number of amides is 1. The first-order valence-electron chi connectivity index (χ1n) is 10.7. The predicted molar refractivity (Wildman–Crippen MR) is 130 cm³/mol. The third-order valence-electron chi connectivity index (χ3n) is 4.83. The first kappa shape index (κ1) is 23.6. The van der Waals surface area contributed by atoms with Crippen LogP contribution in [0.3, 0.4) is 0 Å². The van der Waals surface area contributed by atoms with Crippen LogP contribution < -0.4 is 24.8 Å². The molecule has 7 heteroatoms. The molecule has 0 bridgehead atoms. The maximum atomic E-state index is 11.8. The summed E-state index contributed by atoms with van der Waals surface area (Å²) in [5.41, 5.74) is 2.62. The van der Waals surface area contributed by atoms with E-state index in [0.29, 0.717) is 42.1 Å². The lowest BCUT2D eigenvalue weighted by molar-refractivity contribution is -0.115. The van der Waals surface area contributed by atoms with Gasteiger partial charge in [-0.15, -0.1) is 0 Å². The standard InChI is InChI=1S/C25H30N2O4S/c1-5-29-22-16-17(15-20-23(28)27-24(32)26-20)7-12-21(22)31-14-6-13-30-19-10-8-18(9-11-19)25(2,3)4/h7-12,15-16H,5-6,13-14H2,1-4H3,(H2,26,27,28,32)/b20-15-. The second kappa shape index (κ2) is 10.5. The highest BCUT2D eigenvalue weighted by Gasteiger charge is 2.20. The van der Waals surface area contributed by atoms with Gasteiger partial charge in [-0.1, -0.05) is 39.0 Å². The van der Waals surface area contributed by atoms with E-state index in [1.807, 2.05) is 37.3 Å². The van der Waals surface area contributed by atoms with Gasteiger partial charge < -0.3 is 19.5 Å². The molecular formula is C25H30N2O4S. The quantitative estimate of drug-likeness (QED) is 0.329. The van der Waals surface area contributed by atoms with E-state index in [1.54, 1.807) is 6.08 Å². The average molecular weight is 455 g/mol. The minimum atomic E-state index is -0.249. The summed E-state index contributed by atoms with van der Waals surface area (Å²) in [6, 6.07) is 13.8. The molecule has 1 aliphatic heterocycles. The van der Waals surface area contributed by atoms with Crippen molar-refractivity contribution in [2.45, 2.75) is 39.5 Å². The SMILES string of the molecule is CCOc1cc(/C=C2\NC(=S)NC2=O)ccc1OCCCOc1ccc(C(C)(C)C)cc1. The maximum Gasteiger partial charge on any atom is 0.273 e. The molecule has 1 aliphatic rings. The zero-order chi connectivity index (χ0) is 23.1. The van der Waals surface area contributed by atoms with Gasteiger partial charge in [0.25, 0.3) is 5.91 Å². The van der Waals surface area contributed by atoms with Crippen LogP contribution >= 0.6 is 12.2 Å². The molecule has 170 valence electrons. The molecule has 1 fully saturated rings. The van der Waals surface area contributed by atoms with Gasteiger partial charge in [0, 0.05) is 6.42 Å². The zero-order valence-corrected chi connectivity index (χ0v) is 19.8. The molecule has 6 nitrogen and oxygen atoms in total. The van der Waals surface area contributed by atoms with Crippen LogP contribution in [0.15, 0.2) is 48.2 Å². The van der Waals surface area contributed by atoms with Gasteiger partial charge in [-0.25, -0.2) is 0 Å². The van der Waals surface area contributed by atoms with Crippen LogP contribution in [-0.4, -0.2) is 30.8 Å². The lowest BCUT2D eigenvalue weighted by atomic mass is 9.87. The van der Waals surface area contributed by atoms with Crippen LogP contribution in [0.25, 0.3) is 6.08 Å². The van der Waals surface area contributed by atoms with Gasteiger partial charge in [0.05, 0.1) is 19.8 Å². The summed E-state index contributed by atoms with van der Waals surface area (Å²) in [4.78, 5) is 11.8. The number of hydrogen-bond donors (Lipinski definition) is 2. The van der Waals surface area contributed by atoms with Crippen molar-refractivity contribution < 1.29 is 19.0 Å². The molecule has 3 rings (SSSR count). The van der Waals surface area contributed by atoms with Gasteiger partial charge in [0.15, 0.2) is 16.6 Å². The fourth-order valence-corrected chi connectivity index (χ4v) is 3.34. The third-order valence-corrected chi connectivity index (χ3v) is 5.04. The fourth-order valence-electron chi connectivity index (χ4n) is 3.13. The van der Waals surface area contributed by atoms with E-state index in [2.05, 4.69) is 43.5 Å². The van der Waals surface area contributed by atoms with E-state index in [9.17, 15) is 4.79 Å². The van der Waals surface area contributed by atoms with Crippen molar-refractivity contribution in [1.29, 1.82) is 0 Å². The Morgan fingerprint density at radius 3 is 2.28 bits per heavy atom. The number of benzene rings is 2. The van der Waals surface area contributed by atoms with Crippen LogP contribution in [-0.2, 0) is 10.2 Å². The molecule has 2 aromatic carbocycles. The fraction of sp³-hybridized carbons (Fsp3) is 0.360. The summed E-state index contributed by atoms with van der Waals surface area (Å²) in [6.07, 6.45) is 2.46. The van der Waals surface area contributed by atoms with Crippen molar-refractivity contribution in [2.24, 2.45) is 0 Å². The van der Waals surface area contributed by atoms with Crippen LogP contribution in [0.1, 0.15) is 45.2 Å². The second-order valence-electron chi connectivity index (χ2n) is 8.43. The second-order valence-corrected chi connectivity index (χ2v) is 8.84. The van der Waals surface area contributed by atoms with Crippen molar-refractivity contribution in [3.63, 3.8) is 0 Å². The number of rotatable bonds is 9. The van der Waals surface area contributed by atoms with Crippen LogP contribution in [0, 0.1) is 0 Å². The summed E-state index contributed by atoms with van der Waals surface area (Å²) in [5, 5.41) is 5.68. The van der Waals surface area contributed by atoms with Crippen molar-refractivity contribution in [1.82, 2.24) is 10.6 Å². The van der Waals surface area contributed by atoms with Crippen molar-refractivity contribution in [2.75, 3.05) is 19.8 Å². The van der Waals surface area contributed by atoms with Crippen molar-refractivity contribution in [3.05, 3.63) is 59.3 Å². The third kappa shape index (κ3) is 6.47. The molecule has 0 spiro atoms. The van der Waals surface area contributed by atoms with Gasteiger partial charge in [0.1, 0.15) is 11.4 Å². The average Bonchev–Trinajstić information content (AvgIpc) is 3.05. The van der Waals surface area contributed by atoms with E-state index in [1.165, 1.54) is 5.56 Å². The molecule has 2 N–H and O–H groups in total. The van der Waals surface area contributed by atoms with Crippen molar-refractivity contribution >= 4 is 29.3 Å². The molecule has 0 unspecified atom stereocenters. The molecule has 0 aromatic heterocycles. The molecule has 0 radical (unpaired) electrons. The number of carbonyl (C=O) groups is 1. The Morgan fingerprint density at radius 1 is 0.938 bits per heavy atom. The van der Waals surface area contributed by atoms with Crippen LogP contribution in [0.5, 0.6) is 17.2 Å². The molecule has 32 heavy (non-hydrogen) atoms. The summed E-state index contributed by atoms with van der Waals surface area (Å²) < 4.78 is 17.5. The van der Waals surface area contributed by atoms with Gasteiger partial charge >= 0.3 is 0 Å². The van der Waals surface area contributed by atoms with E-state index in [4.69, 9.17) is 26.4 Å². The van der Waals surface area contributed by atoms with Crippen LogP contribution in [0.2, 0.25) is 0 Å². The minimum Gasteiger partial charge on any atom is -0.493 e. The number of carbonyl (C=O) groups excluding carboxylic acids is 1. The predicted octanol–water partition coefficient (Wildman–Crippen LogP) is 4.58. The number of ether oxygens (including phenoxy) is 3. The number of nitrogens with one attached hydrogen (secondary N) is 2. The number of hydrogen-bond acceptors (Lipinski definition) is 5. The van der Waals surface area contributed by atoms with Crippen molar-refractivity contribution in [3.8, 4) is 17.2 Å². The summed E-state index contributed by atoms with van der Waals surface area (Å²) in [5.74, 6) is 1.89. The Hall–Kier alpha value is -3.06. The first-order valence-corrected chi connectivity index (χ1v) is 11.1. The van der Waals surface area contributed by atoms with Gasteiger partial charge in [-0.3, -0.25) is 10.1 Å². The Labute approximate surface area is 194 Å². The summed E-state index contributed by atoms with van der Waals surface area (Å²) in [7, 11) is 0. The summed E-state index contributed by atoms with van der Waals surface area (Å²) >= 11 is 4.96. The molecule has 1 heterocycles. The smallest absolute Gasteiger partial charge is 0.273 e. The number of thiocarbonyl (C=S) groups is 1. The zero-order valence-electron chi connectivity index (χ0n) is 19.0. The highest BCUT2D eigenvalue weighted by molar-refractivity contribution is 7.80. The highest BCUT2D eigenvalue weighted by Crippen LogP contribution is 2.30. The molecule has 1 saturated heterocycles. The molecule has 0 atom stereocenters. The molecular weight excluding hydrogens is 424 g/mol. The van der Waals surface area contributed by atoms with E-state index >= 15 is 0 Å². The Bertz CT molecular complexity index is 994. The summed E-state index contributed by atoms with van der Waals surface area (Å²) in [6.45, 7) is 10.1. The Morgan fingerprint density at radius 2 is 1.66 bits per heavy atom. The molecule has 2 aromatic rings. The topological polar surface area (TPSA) is 68.8 Å². The van der Waals surface area contributed by atoms with Gasteiger partial charge in [0.2, 0.25) is 0 Å². The van der Waals surface area contributed by atoms with E-state index in [-0.39, 0.29) is 11.3 Å². The normalized spacial score (nSPS) is 14.8. The lowest BCUT2D eigenvalue weighted by Crippen LogP contribution is -2.21. The highest BCUT2D eigenvalue weighted by atomic mass is 32.1. The van der Waals surface area contributed by atoms with E-state index < -0.39 is 0 Å². The molecule has 1 amide bonds. The Kier molecular flexibility index (Phi) is 7.75. The van der Waals surface area contributed by atoms with Gasteiger partial charge in [-0.2, -0.15) is 0 Å². The lowest BCUT2D eigenvalue weighted by Gasteiger charge is -2.19. The largest absolute Gasteiger partial charge is 0.493 e. The molecule has 0 aliphatic carbocycles. The maximum absolute atomic E-state index is 11.8. The van der Waals surface area contributed by atoms with Gasteiger partial charge in [-0.05, 0) is 66.0 Å². The monoisotopic (exact) mass is 454 g/mol. The van der Waals surface area contributed by atoms with E-state index in [0.717, 1.165) is 17.7 Å². The van der Waals surface area contributed by atoms with Crippen LogP contribution in [0.4, 0.5) is 0 Å². The Balaban J connectivity index is 1.52. The molecule has 0 saturated carbocycles. The first-order chi connectivity index (χ1) is 15.3.